The quantitative estimate of drug-likeness (QED) is 0.659. The molecule has 2 aromatic heterocycles. The minimum Gasteiger partial charge on any atom is -0.311 e. The van der Waals surface area contributed by atoms with E-state index in [1.54, 1.807) is 17.0 Å². The highest BCUT2D eigenvalue weighted by atomic mass is 16.2. The number of aromatic nitrogens is 4. The van der Waals surface area contributed by atoms with E-state index >= 15 is 0 Å². The summed E-state index contributed by atoms with van der Waals surface area (Å²) in [6.07, 6.45) is 3.32. The molecule has 0 aromatic carbocycles. The molecule has 1 N–H and O–H groups in total. The summed E-state index contributed by atoms with van der Waals surface area (Å²) in [6, 6.07) is 0. The van der Waals surface area contributed by atoms with E-state index < -0.39 is 11.4 Å². The molecule has 2 rings (SSSR count). The summed E-state index contributed by atoms with van der Waals surface area (Å²) in [7, 11) is 0. The van der Waals surface area contributed by atoms with Gasteiger partial charge in [-0.3, -0.25) is 4.98 Å². The van der Waals surface area contributed by atoms with Gasteiger partial charge in [-0.05, 0) is 20.8 Å². The lowest BCUT2D eigenvalue weighted by atomic mass is 10.1. The van der Waals surface area contributed by atoms with E-state index in [9.17, 15) is 9.59 Å². The molecule has 2 aromatic rings. The third kappa shape index (κ3) is 1.47. The van der Waals surface area contributed by atoms with Crippen molar-refractivity contribution in [1.82, 2.24) is 18.9 Å². The summed E-state index contributed by atoms with van der Waals surface area (Å²) in [4.78, 5) is 28.4. The van der Waals surface area contributed by atoms with Crippen molar-refractivity contribution < 1.29 is 0 Å². The third-order valence-electron chi connectivity index (χ3n) is 2.15. The smallest absolute Gasteiger partial charge is 0.311 e. The van der Waals surface area contributed by atoms with Crippen LogP contribution in [0.25, 0.3) is 5.78 Å². The number of imidazole rings is 1. The van der Waals surface area contributed by atoms with Crippen LogP contribution in [0.3, 0.4) is 0 Å². The number of H-pyrrole nitrogens is 1. The van der Waals surface area contributed by atoms with E-state index in [1.807, 2.05) is 20.8 Å². The Kier molecular flexibility index (Phi) is 1.82. The zero-order chi connectivity index (χ0) is 11.2. The van der Waals surface area contributed by atoms with Gasteiger partial charge in [0.1, 0.15) is 0 Å². The molecule has 0 aliphatic carbocycles. The van der Waals surface area contributed by atoms with Crippen molar-refractivity contribution in [2.75, 3.05) is 0 Å². The summed E-state index contributed by atoms with van der Waals surface area (Å²) >= 11 is 0. The number of rotatable bonds is 0. The van der Waals surface area contributed by atoms with E-state index in [0.29, 0.717) is 5.78 Å². The molecule has 6 heteroatoms. The molecule has 0 spiro atoms. The van der Waals surface area contributed by atoms with Crippen molar-refractivity contribution >= 4 is 5.78 Å². The molecule has 15 heavy (non-hydrogen) atoms. The molecule has 0 atom stereocenters. The van der Waals surface area contributed by atoms with E-state index in [0.717, 1.165) is 0 Å². The van der Waals surface area contributed by atoms with Crippen LogP contribution in [0.2, 0.25) is 0 Å². The van der Waals surface area contributed by atoms with Crippen LogP contribution < -0.4 is 11.4 Å². The van der Waals surface area contributed by atoms with Crippen molar-refractivity contribution in [2.24, 2.45) is 0 Å². The number of aromatic amines is 1. The molecule has 0 bridgehead atoms. The second kappa shape index (κ2) is 2.82. The Labute approximate surface area is 85.2 Å². The van der Waals surface area contributed by atoms with Gasteiger partial charge in [-0.2, -0.15) is 4.98 Å². The first kappa shape index (κ1) is 9.70. The maximum atomic E-state index is 11.4. The molecule has 0 aliphatic rings. The zero-order valence-electron chi connectivity index (χ0n) is 8.81. The van der Waals surface area contributed by atoms with Gasteiger partial charge in [-0.1, -0.05) is 0 Å². The fourth-order valence-electron chi connectivity index (χ4n) is 1.44. The Bertz CT molecular complexity index is 611. The molecule has 6 nitrogen and oxygen atoms in total. The van der Waals surface area contributed by atoms with E-state index in [4.69, 9.17) is 0 Å². The van der Waals surface area contributed by atoms with Crippen LogP contribution in [-0.4, -0.2) is 18.9 Å². The highest BCUT2D eigenvalue weighted by Gasteiger charge is 2.16. The second-order valence-corrected chi connectivity index (χ2v) is 4.36. The lowest BCUT2D eigenvalue weighted by Gasteiger charge is -2.20. The summed E-state index contributed by atoms with van der Waals surface area (Å²) in [5.41, 5.74) is -1.31. The predicted molar refractivity (Wildman–Crippen MR) is 55.1 cm³/mol. The van der Waals surface area contributed by atoms with Gasteiger partial charge in [0.2, 0.25) is 5.78 Å². The monoisotopic (exact) mass is 208 g/mol. The molecule has 80 valence electrons. The van der Waals surface area contributed by atoms with Gasteiger partial charge < -0.3 is 4.57 Å². The molecule has 0 aliphatic heterocycles. The molecule has 0 radical (unpaired) electrons. The average molecular weight is 208 g/mol. The van der Waals surface area contributed by atoms with Crippen LogP contribution in [0, 0.1) is 0 Å². The fourth-order valence-corrected chi connectivity index (χ4v) is 1.44. The predicted octanol–water partition coefficient (Wildman–Crippen LogP) is -0.0607. The van der Waals surface area contributed by atoms with E-state index in [-0.39, 0.29) is 5.54 Å². The first-order valence-electron chi connectivity index (χ1n) is 4.60. The van der Waals surface area contributed by atoms with Crippen molar-refractivity contribution in [3.05, 3.63) is 33.4 Å². The van der Waals surface area contributed by atoms with Gasteiger partial charge >= 0.3 is 11.4 Å². The standard InChI is InChI=1S/C9H12N4O2/c1-9(2,3)13-5-4-12-7(13)10-6(14)11-8(12)15/h4-5H,1-3H3,(H,11,14,15). The van der Waals surface area contributed by atoms with Crippen molar-refractivity contribution in [1.29, 1.82) is 0 Å². The maximum absolute atomic E-state index is 11.4. The first-order chi connectivity index (χ1) is 6.89. The number of hydrogen-bond acceptors (Lipinski definition) is 3. The molecular weight excluding hydrogens is 196 g/mol. The van der Waals surface area contributed by atoms with Crippen LogP contribution >= 0.6 is 0 Å². The minimum atomic E-state index is -0.621. The Balaban J connectivity index is 2.92. The zero-order valence-corrected chi connectivity index (χ0v) is 8.81. The fraction of sp³-hybridized carbons (Fsp3) is 0.444. The van der Waals surface area contributed by atoms with Gasteiger partial charge in [0.15, 0.2) is 0 Å². The second-order valence-electron chi connectivity index (χ2n) is 4.36. The van der Waals surface area contributed by atoms with Gasteiger partial charge in [0.05, 0.1) is 0 Å². The van der Waals surface area contributed by atoms with Crippen LogP contribution in [0.5, 0.6) is 0 Å². The Morgan fingerprint density at radius 2 is 1.93 bits per heavy atom. The number of nitrogens with zero attached hydrogens (tertiary/aromatic N) is 3. The molecule has 0 saturated heterocycles. The van der Waals surface area contributed by atoms with Gasteiger partial charge in [0.25, 0.3) is 0 Å². The molecule has 0 unspecified atom stereocenters. The Morgan fingerprint density at radius 3 is 2.53 bits per heavy atom. The topological polar surface area (TPSA) is 72.2 Å². The lowest BCUT2D eigenvalue weighted by Crippen LogP contribution is -2.30. The van der Waals surface area contributed by atoms with Crippen LogP contribution in [0.4, 0.5) is 0 Å². The molecule has 0 amide bonds. The number of hydrogen-bond donors (Lipinski definition) is 1. The van der Waals surface area contributed by atoms with Crippen molar-refractivity contribution in [3.8, 4) is 0 Å². The van der Waals surface area contributed by atoms with Crippen molar-refractivity contribution in [3.63, 3.8) is 0 Å². The highest BCUT2D eigenvalue weighted by molar-refractivity contribution is 5.29. The van der Waals surface area contributed by atoms with E-state index in [2.05, 4.69) is 9.97 Å². The maximum Gasteiger partial charge on any atom is 0.352 e. The summed E-state index contributed by atoms with van der Waals surface area (Å²) < 4.78 is 3.09. The van der Waals surface area contributed by atoms with E-state index in [1.165, 1.54) is 4.40 Å². The molecular formula is C9H12N4O2. The highest BCUT2D eigenvalue weighted by Crippen LogP contribution is 2.15. The van der Waals surface area contributed by atoms with Gasteiger partial charge in [0, 0.05) is 17.9 Å². The van der Waals surface area contributed by atoms with Gasteiger partial charge in [-0.15, -0.1) is 0 Å². The minimum absolute atomic E-state index is 0.220. The Hall–Kier alpha value is -1.85. The summed E-state index contributed by atoms with van der Waals surface area (Å²) in [5, 5.41) is 0. The third-order valence-corrected chi connectivity index (χ3v) is 2.15. The van der Waals surface area contributed by atoms with Crippen molar-refractivity contribution in [2.45, 2.75) is 26.3 Å². The first-order valence-corrected chi connectivity index (χ1v) is 4.60. The normalized spacial score (nSPS) is 12.2. The largest absolute Gasteiger partial charge is 0.352 e. The number of fused-ring (bicyclic) bond motifs is 1. The average Bonchev–Trinajstić information content (AvgIpc) is 2.45. The van der Waals surface area contributed by atoms with Crippen LogP contribution in [0.1, 0.15) is 20.8 Å². The summed E-state index contributed by atoms with van der Waals surface area (Å²) in [5.74, 6) is 0.358. The van der Waals surface area contributed by atoms with Crippen LogP contribution in [-0.2, 0) is 5.54 Å². The van der Waals surface area contributed by atoms with Gasteiger partial charge in [-0.25, -0.2) is 14.0 Å². The Morgan fingerprint density at radius 1 is 1.27 bits per heavy atom. The SMILES string of the molecule is CC(C)(C)n1ccn2c(=O)[nH]c(=O)nc12. The summed E-state index contributed by atoms with van der Waals surface area (Å²) in [6.45, 7) is 5.92. The number of nitrogens with one attached hydrogen (secondary N) is 1. The van der Waals surface area contributed by atoms with Crippen LogP contribution in [0.15, 0.2) is 22.0 Å². The molecule has 0 saturated carbocycles. The molecule has 2 heterocycles. The molecule has 0 fully saturated rings. The lowest BCUT2D eigenvalue weighted by molar-refractivity contribution is 0.405.